The Morgan fingerprint density at radius 3 is 2.34 bits per heavy atom. The Labute approximate surface area is 248 Å². The minimum Gasteiger partial charge on any atom is -0.460 e. The van der Waals surface area contributed by atoms with Crippen molar-refractivity contribution in [1.82, 2.24) is 5.32 Å². The monoisotopic (exact) mass is 559 g/mol. The van der Waals surface area contributed by atoms with E-state index in [1.165, 1.54) is 24.8 Å². The molecule has 4 aliphatic carbocycles. The second-order valence-corrected chi connectivity index (χ2v) is 16.2. The molecule has 6 rings (SSSR count). The number of allylic oxidation sites excluding steroid dienone is 1. The lowest BCUT2D eigenvalue weighted by Gasteiger charge is -2.71. The summed E-state index contributed by atoms with van der Waals surface area (Å²) >= 11 is 0. The second kappa shape index (κ2) is 9.71. The fourth-order valence-electron chi connectivity index (χ4n) is 12.2. The Bertz CT molecular complexity index is 1220. The summed E-state index contributed by atoms with van der Waals surface area (Å²) in [6.45, 7) is 19.3. The van der Waals surface area contributed by atoms with Gasteiger partial charge in [0, 0.05) is 12.0 Å². The van der Waals surface area contributed by atoms with Crippen LogP contribution >= 0.6 is 0 Å². The van der Waals surface area contributed by atoms with Gasteiger partial charge in [-0.25, -0.2) is 0 Å². The van der Waals surface area contributed by atoms with Crippen molar-refractivity contribution in [3.8, 4) is 0 Å². The zero-order valence-electron chi connectivity index (χ0n) is 26.5. The molecule has 0 spiro atoms. The van der Waals surface area contributed by atoms with E-state index < -0.39 is 5.41 Å². The third-order valence-electron chi connectivity index (χ3n) is 14.2. The molecule has 4 heteroatoms. The number of carbonyl (C=O) groups excluding carboxylic acids is 2. The lowest BCUT2D eigenvalue weighted by Crippen LogP contribution is -2.66. The van der Waals surface area contributed by atoms with Crippen LogP contribution in [-0.4, -0.2) is 17.4 Å². The molecule has 0 bridgehead atoms. The van der Waals surface area contributed by atoms with E-state index in [0.717, 1.165) is 44.1 Å². The third kappa shape index (κ3) is 4.12. The molecule has 0 radical (unpaired) electrons. The average molecular weight is 560 g/mol. The minimum absolute atomic E-state index is 0.0372. The van der Waals surface area contributed by atoms with Crippen molar-refractivity contribution in [2.75, 3.05) is 0 Å². The van der Waals surface area contributed by atoms with Gasteiger partial charge in [0.05, 0.1) is 5.41 Å². The number of hydrogen-bond donors (Lipinski definition) is 1. The first-order valence-electron chi connectivity index (χ1n) is 16.5. The van der Waals surface area contributed by atoms with E-state index in [0.29, 0.717) is 42.6 Å². The summed E-state index contributed by atoms with van der Waals surface area (Å²) in [5, 5.41) is 3.41. The zero-order valence-corrected chi connectivity index (χ0v) is 26.5. The maximum atomic E-state index is 14.2. The number of rotatable bonds is 4. The van der Waals surface area contributed by atoms with Crippen LogP contribution in [-0.2, 0) is 20.9 Å². The summed E-state index contributed by atoms with van der Waals surface area (Å²) in [7, 11) is 0. The number of esters is 1. The van der Waals surface area contributed by atoms with E-state index >= 15 is 0 Å². The molecule has 1 aliphatic heterocycles. The Hall–Kier alpha value is -2.10. The van der Waals surface area contributed by atoms with E-state index in [1.807, 2.05) is 30.3 Å². The number of nitrogens with one attached hydrogen (secondary N) is 1. The Balaban J connectivity index is 1.35. The number of hydrogen-bond acceptors (Lipinski definition) is 3. The molecule has 41 heavy (non-hydrogen) atoms. The van der Waals surface area contributed by atoms with Crippen molar-refractivity contribution in [2.24, 2.45) is 51.2 Å². The van der Waals surface area contributed by atoms with Gasteiger partial charge < -0.3 is 10.1 Å². The predicted octanol–water partition coefficient (Wildman–Crippen LogP) is 8.26. The predicted molar refractivity (Wildman–Crippen MR) is 164 cm³/mol. The maximum absolute atomic E-state index is 14.2. The first-order chi connectivity index (χ1) is 19.3. The van der Waals surface area contributed by atoms with Gasteiger partial charge in [0.25, 0.3) is 0 Å². The van der Waals surface area contributed by atoms with Crippen LogP contribution < -0.4 is 5.32 Å². The van der Waals surface area contributed by atoms with E-state index in [1.54, 1.807) is 0 Å². The van der Waals surface area contributed by atoms with Gasteiger partial charge in [0.1, 0.15) is 6.61 Å². The first kappa shape index (κ1) is 29.0. The van der Waals surface area contributed by atoms with Crippen LogP contribution in [0.4, 0.5) is 0 Å². The summed E-state index contributed by atoms with van der Waals surface area (Å²) < 4.78 is 6.17. The van der Waals surface area contributed by atoms with E-state index in [-0.39, 0.29) is 33.7 Å². The molecule has 4 saturated carbocycles. The molecule has 5 fully saturated rings. The quantitative estimate of drug-likeness (QED) is 0.298. The highest BCUT2D eigenvalue weighted by Gasteiger charge is 2.71. The molecule has 9 atom stereocenters. The first-order valence-corrected chi connectivity index (χ1v) is 16.5. The van der Waals surface area contributed by atoms with E-state index in [4.69, 9.17) is 4.74 Å². The minimum atomic E-state index is -0.395. The van der Waals surface area contributed by atoms with Gasteiger partial charge >= 0.3 is 5.97 Å². The fraction of sp³-hybridized carbons (Fsp3) is 0.730. The van der Waals surface area contributed by atoms with Gasteiger partial charge in [0.2, 0.25) is 5.91 Å². The van der Waals surface area contributed by atoms with Gasteiger partial charge in [-0.05, 0) is 130 Å². The number of benzene rings is 1. The average Bonchev–Trinajstić information content (AvgIpc) is 3.29. The van der Waals surface area contributed by atoms with Crippen LogP contribution in [0.15, 0.2) is 42.5 Å². The normalized spacial score (nSPS) is 44.7. The van der Waals surface area contributed by atoms with Crippen LogP contribution in [0.3, 0.4) is 0 Å². The molecule has 5 aliphatic rings. The Kier molecular flexibility index (Phi) is 6.87. The summed E-state index contributed by atoms with van der Waals surface area (Å²) in [4.78, 5) is 27.0. The zero-order chi connectivity index (χ0) is 29.4. The smallest absolute Gasteiger partial charge is 0.312 e. The molecule has 1 aromatic carbocycles. The highest BCUT2D eigenvalue weighted by atomic mass is 16.5. The maximum Gasteiger partial charge on any atom is 0.312 e. The second-order valence-electron chi connectivity index (χ2n) is 16.2. The molecule has 0 unspecified atom stereocenters. The van der Waals surface area contributed by atoms with Crippen LogP contribution in [0.5, 0.6) is 0 Å². The molecule has 0 aromatic heterocycles. The van der Waals surface area contributed by atoms with Crippen LogP contribution in [0, 0.1) is 51.2 Å². The molecule has 1 aromatic rings. The summed E-state index contributed by atoms with van der Waals surface area (Å²) in [5.41, 5.74) is 2.21. The molecular weight excluding hydrogens is 506 g/mol. The van der Waals surface area contributed by atoms with Crippen LogP contribution in [0.2, 0.25) is 0 Å². The summed E-state index contributed by atoms with van der Waals surface area (Å²) in [5.74, 6) is 2.52. The van der Waals surface area contributed by atoms with E-state index in [2.05, 4.69) is 53.4 Å². The fourth-order valence-corrected chi connectivity index (χ4v) is 12.2. The van der Waals surface area contributed by atoms with Gasteiger partial charge in [-0.2, -0.15) is 0 Å². The van der Waals surface area contributed by atoms with Gasteiger partial charge in [0.15, 0.2) is 0 Å². The number of carbonyl (C=O) groups is 2. The number of amides is 1. The molecule has 4 nitrogen and oxygen atoms in total. The largest absolute Gasteiger partial charge is 0.460 e. The Morgan fingerprint density at radius 2 is 1.63 bits per heavy atom. The lowest BCUT2D eigenvalue weighted by molar-refractivity contribution is -0.227. The number of fused-ring (bicyclic) bond motifs is 7. The van der Waals surface area contributed by atoms with Crippen molar-refractivity contribution >= 4 is 11.9 Å². The topological polar surface area (TPSA) is 55.4 Å². The molecule has 1 saturated heterocycles. The van der Waals surface area contributed by atoms with Crippen molar-refractivity contribution < 1.29 is 14.3 Å². The molecule has 224 valence electrons. The highest BCUT2D eigenvalue weighted by molar-refractivity contribution is 5.78. The standard InChI is InChI=1S/C37H53NO3/c1-24(2)26-15-20-37(32(40)41-23-25-11-9-8-10-12-25)22-21-35(6)27(31(26)37)13-14-29-34(5)18-17-30(39)38-33(3,4)28(34)16-19-36(29,35)7/h8-12,26-29,31H,1,13-23H2,2-7H3,(H,38,39)/t26-,27+,28-,29+,31+,34-,35+,36+,37+/m0/s1. The Morgan fingerprint density at radius 1 is 0.902 bits per heavy atom. The SMILES string of the molecule is C=C(C)[C@@H]1CC[C@@]2(C(=O)OCc3ccccc3)CC[C@]3(C)[C@H](CC[C@@H]4[C@@]5(C)CCC(=O)NC(C)(C)[C@@H]5CC[C@]43C)[C@@H]12. The van der Waals surface area contributed by atoms with Crippen LogP contribution in [0.25, 0.3) is 0 Å². The van der Waals surface area contributed by atoms with Crippen molar-refractivity contribution in [1.29, 1.82) is 0 Å². The lowest BCUT2D eigenvalue weighted by atomic mass is 9.33. The summed E-state index contributed by atoms with van der Waals surface area (Å²) in [6, 6.07) is 10.1. The van der Waals surface area contributed by atoms with Gasteiger partial charge in [-0.15, -0.1) is 0 Å². The van der Waals surface area contributed by atoms with Gasteiger partial charge in [-0.3, -0.25) is 9.59 Å². The number of ether oxygens (including phenoxy) is 1. The molecule has 1 heterocycles. The molecule has 1 N–H and O–H groups in total. The van der Waals surface area contributed by atoms with Crippen molar-refractivity contribution in [3.63, 3.8) is 0 Å². The third-order valence-corrected chi connectivity index (χ3v) is 14.2. The van der Waals surface area contributed by atoms with Crippen molar-refractivity contribution in [2.45, 2.75) is 118 Å². The highest BCUT2D eigenvalue weighted by Crippen LogP contribution is 2.76. The van der Waals surface area contributed by atoms with Gasteiger partial charge in [-0.1, -0.05) is 63.3 Å². The molecular formula is C37H53NO3. The molecule has 1 amide bonds. The van der Waals surface area contributed by atoms with Crippen LogP contribution in [0.1, 0.15) is 111 Å². The van der Waals surface area contributed by atoms with Crippen molar-refractivity contribution in [3.05, 3.63) is 48.0 Å². The van der Waals surface area contributed by atoms with E-state index in [9.17, 15) is 9.59 Å². The summed E-state index contributed by atoms with van der Waals surface area (Å²) in [6.07, 6.45) is 10.4.